The molecular weight excluding hydrogens is 540 g/mol. The standard InChI is InChI=1S/C31H24F4N2O4/c32-24-10-5-20(6-11-24)22(18-41-25-12-7-21-15-29(39)36-27(21)16-25)14-28(38)26-2-1-13-37(30(26)40)17-19-3-8-23(9-4-19)31(33,34)35/h1-13,16,22H,14-15,17-18H2,(H,36,39)/t22-/m0/s1. The van der Waals surface area contributed by atoms with Gasteiger partial charge in [-0.25, -0.2) is 4.39 Å². The summed E-state index contributed by atoms with van der Waals surface area (Å²) < 4.78 is 59.5. The monoisotopic (exact) mass is 564 g/mol. The molecule has 1 aromatic heterocycles. The number of amides is 1. The Hall–Kier alpha value is -4.73. The minimum atomic E-state index is -4.47. The second kappa shape index (κ2) is 11.4. The fourth-order valence-corrected chi connectivity index (χ4v) is 4.69. The van der Waals surface area contributed by atoms with Crippen molar-refractivity contribution >= 4 is 17.4 Å². The molecule has 10 heteroatoms. The van der Waals surface area contributed by atoms with E-state index >= 15 is 0 Å². The van der Waals surface area contributed by atoms with Crippen molar-refractivity contribution in [2.75, 3.05) is 11.9 Å². The molecule has 0 bridgehead atoms. The number of halogens is 4. The van der Waals surface area contributed by atoms with Crippen molar-refractivity contribution in [2.45, 2.75) is 31.5 Å². The Morgan fingerprint density at radius 3 is 2.41 bits per heavy atom. The number of fused-ring (bicyclic) bond motifs is 1. The number of nitrogens with zero attached hydrogens (tertiary/aromatic N) is 1. The number of nitrogens with one attached hydrogen (secondary N) is 1. The van der Waals surface area contributed by atoms with Gasteiger partial charge in [-0.3, -0.25) is 14.4 Å². The third-order valence-electron chi connectivity index (χ3n) is 6.89. The molecule has 1 aliphatic rings. The van der Waals surface area contributed by atoms with E-state index in [2.05, 4.69) is 5.32 Å². The molecule has 1 N–H and O–H groups in total. The Bertz CT molecular complexity index is 1640. The van der Waals surface area contributed by atoms with E-state index in [9.17, 15) is 31.9 Å². The van der Waals surface area contributed by atoms with Crippen molar-refractivity contribution in [1.29, 1.82) is 0 Å². The van der Waals surface area contributed by atoms with Crippen LogP contribution in [-0.2, 0) is 23.9 Å². The number of hydrogen-bond acceptors (Lipinski definition) is 4. The van der Waals surface area contributed by atoms with E-state index in [-0.39, 0.29) is 37.5 Å². The zero-order valence-electron chi connectivity index (χ0n) is 21.6. The zero-order valence-corrected chi connectivity index (χ0v) is 21.6. The highest BCUT2D eigenvalue weighted by Gasteiger charge is 2.30. The molecule has 41 heavy (non-hydrogen) atoms. The molecule has 0 fully saturated rings. The number of ketones is 1. The molecule has 0 spiro atoms. The molecule has 3 aromatic carbocycles. The molecule has 0 radical (unpaired) electrons. The summed E-state index contributed by atoms with van der Waals surface area (Å²) in [5.74, 6) is -1.07. The van der Waals surface area contributed by atoms with Crippen molar-refractivity contribution in [2.24, 2.45) is 0 Å². The molecule has 1 aliphatic heterocycles. The Morgan fingerprint density at radius 1 is 0.976 bits per heavy atom. The molecule has 5 rings (SSSR count). The Kier molecular flexibility index (Phi) is 7.74. The lowest BCUT2D eigenvalue weighted by Gasteiger charge is -2.18. The summed E-state index contributed by atoms with van der Waals surface area (Å²) in [5.41, 5.74) is 1.15. The number of anilines is 1. The average molecular weight is 565 g/mol. The van der Waals surface area contributed by atoms with Gasteiger partial charge in [0.25, 0.3) is 5.56 Å². The Labute approximate surface area is 232 Å². The summed E-state index contributed by atoms with van der Waals surface area (Å²) >= 11 is 0. The maximum atomic E-state index is 13.6. The molecule has 6 nitrogen and oxygen atoms in total. The van der Waals surface area contributed by atoms with Crippen LogP contribution in [0.4, 0.5) is 23.2 Å². The van der Waals surface area contributed by atoms with Crippen LogP contribution in [0.5, 0.6) is 5.75 Å². The lowest BCUT2D eigenvalue weighted by atomic mass is 9.92. The van der Waals surface area contributed by atoms with Gasteiger partial charge < -0.3 is 14.6 Å². The van der Waals surface area contributed by atoms with Gasteiger partial charge in [0.2, 0.25) is 5.91 Å². The van der Waals surface area contributed by atoms with E-state index in [4.69, 9.17) is 4.74 Å². The molecule has 2 heterocycles. The summed E-state index contributed by atoms with van der Waals surface area (Å²) in [7, 11) is 0. The molecule has 1 amide bonds. The normalized spacial score (nSPS) is 13.4. The number of rotatable bonds is 9. The van der Waals surface area contributed by atoms with E-state index in [1.54, 1.807) is 30.3 Å². The Morgan fingerprint density at radius 2 is 1.71 bits per heavy atom. The van der Waals surface area contributed by atoms with Crippen LogP contribution in [0.25, 0.3) is 0 Å². The number of aromatic nitrogens is 1. The minimum absolute atomic E-state index is 0.0164. The van der Waals surface area contributed by atoms with E-state index in [0.717, 1.165) is 17.7 Å². The summed E-state index contributed by atoms with van der Waals surface area (Å²) in [6, 6.07) is 18.2. The summed E-state index contributed by atoms with van der Waals surface area (Å²) in [4.78, 5) is 38.2. The summed E-state index contributed by atoms with van der Waals surface area (Å²) in [6.07, 6.45) is -2.84. The Balaban J connectivity index is 1.34. The smallest absolute Gasteiger partial charge is 0.416 e. The lowest BCUT2D eigenvalue weighted by Crippen LogP contribution is -2.27. The molecule has 0 saturated carbocycles. The van der Waals surface area contributed by atoms with Crippen LogP contribution in [0.2, 0.25) is 0 Å². The molecule has 1 atom stereocenters. The first-order chi connectivity index (χ1) is 19.6. The third-order valence-corrected chi connectivity index (χ3v) is 6.89. The number of hydrogen-bond donors (Lipinski definition) is 1. The van der Waals surface area contributed by atoms with Gasteiger partial charge in [-0.15, -0.1) is 0 Å². The first-order valence-corrected chi connectivity index (χ1v) is 12.8. The van der Waals surface area contributed by atoms with Crippen molar-refractivity contribution in [3.8, 4) is 5.75 Å². The van der Waals surface area contributed by atoms with Gasteiger partial charge in [0.15, 0.2) is 5.78 Å². The van der Waals surface area contributed by atoms with Gasteiger partial charge in [0.1, 0.15) is 11.6 Å². The zero-order chi connectivity index (χ0) is 29.1. The predicted octanol–water partition coefficient (Wildman–Crippen LogP) is 5.98. The molecule has 0 unspecified atom stereocenters. The maximum Gasteiger partial charge on any atom is 0.416 e. The highest BCUT2D eigenvalue weighted by Crippen LogP contribution is 2.30. The highest BCUT2D eigenvalue weighted by atomic mass is 19.4. The van der Waals surface area contributed by atoms with Crippen LogP contribution in [0.1, 0.15) is 45.0 Å². The number of carbonyl (C=O) groups is 2. The van der Waals surface area contributed by atoms with Crippen LogP contribution in [0.3, 0.4) is 0 Å². The molecular formula is C31H24F4N2O4. The fourth-order valence-electron chi connectivity index (χ4n) is 4.69. The van der Waals surface area contributed by atoms with Crippen LogP contribution >= 0.6 is 0 Å². The topological polar surface area (TPSA) is 77.4 Å². The van der Waals surface area contributed by atoms with Gasteiger partial charge >= 0.3 is 6.18 Å². The second-order valence-electron chi connectivity index (χ2n) is 9.78. The molecule has 0 saturated heterocycles. The van der Waals surface area contributed by atoms with E-state index in [1.165, 1.54) is 47.2 Å². The number of alkyl halides is 3. The van der Waals surface area contributed by atoms with Crippen LogP contribution in [-0.4, -0.2) is 22.9 Å². The fraction of sp³-hybridized carbons (Fsp3) is 0.194. The van der Waals surface area contributed by atoms with E-state index in [0.29, 0.717) is 22.6 Å². The van der Waals surface area contributed by atoms with Crippen LogP contribution in [0.15, 0.2) is 89.9 Å². The van der Waals surface area contributed by atoms with Gasteiger partial charge in [-0.1, -0.05) is 30.3 Å². The van der Waals surface area contributed by atoms with E-state index in [1.807, 2.05) is 0 Å². The van der Waals surface area contributed by atoms with E-state index < -0.39 is 34.8 Å². The lowest BCUT2D eigenvalue weighted by molar-refractivity contribution is -0.137. The number of pyridine rings is 1. The van der Waals surface area contributed by atoms with Crippen molar-refractivity contribution in [3.63, 3.8) is 0 Å². The number of benzene rings is 3. The quantitative estimate of drug-likeness (QED) is 0.200. The third kappa shape index (κ3) is 6.54. The highest BCUT2D eigenvalue weighted by molar-refractivity contribution is 5.99. The minimum Gasteiger partial charge on any atom is -0.493 e. The summed E-state index contributed by atoms with van der Waals surface area (Å²) in [6.45, 7) is 0.0220. The van der Waals surface area contributed by atoms with Crippen molar-refractivity contribution in [3.05, 3.63) is 129 Å². The first kappa shape index (κ1) is 27.8. The van der Waals surface area contributed by atoms with Crippen molar-refractivity contribution in [1.82, 2.24) is 4.57 Å². The largest absolute Gasteiger partial charge is 0.493 e. The number of Topliss-reactive ketones (excluding diaryl/α,β-unsaturated/α-hetero) is 1. The first-order valence-electron chi connectivity index (χ1n) is 12.8. The summed E-state index contributed by atoms with van der Waals surface area (Å²) in [5, 5.41) is 2.75. The predicted molar refractivity (Wildman–Crippen MR) is 144 cm³/mol. The molecule has 210 valence electrons. The van der Waals surface area contributed by atoms with Gasteiger partial charge in [-0.05, 0) is 59.2 Å². The van der Waals surface area contributed by atoms with Gasteiger partial charge in [0, 0.05) is 30.3 Å². The molecule has 4 aromatic rings. The number of carbonyl (C=O) groups excluding carboxylic acids is 2. The maximum absolute atomic E-state index is 13.6. The van der Waals surface area contributed by atoms with Crippen LogP contribution in [0, 0.1) is 5.82 Å². The molecule has 0 aliphatic carbocycles. The van der Waals surface area contributed by atoms with Gasteiger partial charge in [-0.2, -0.15) is 13.2 Å². The van der Waals surface area contributed by atoms with Crippen molar-refractivity contribution < 1.29 is 31.9 Å². The van der Waals surface area contributed by atoms with Crippen LogP contribution < -0.4 is 15.6 Å². The van der Waals surface area contributed by atoms with Gasteiger partial charge in [0.05, 0.1) is 30.7 Å². The second-order valence-corrected chi connectivity index (χ2v) is 9.78. The SMILES string of the molecule is O=C1Cc2ccc(OC[C@H](CC(=O)c3cccn(Cc4ccc(C(F)(F)F)cc4)c3=O)c3ccc(F)cc3)cc2N1. The average Bonchev–Trinajstić information content (AvgIpc) is 3.31. The number of ether oxygens (including phenoxy) is 1.